The van der Waals surface area contributed by atoms with Crippen molar-refractivity contribution < 1.29 is 0 Å². The normalized spacial score (nSPS) is 10.1. The molecule has 0 spiro atoms. The zero-order valence-corrected chi connectivity index (χ0v) is 10.8. The minimum absolute atomic E-state index is 0.627. The Morgan fingerprint density at radius 1 is 1.22 bits per heavy atom. The third-order valence-electron chi connectivity index (χ3n) is 3.04. The smallest absolute Gasteiger partial charge is 0.0994 e. The van der Waals surface area contributed by atoms with E-state index in [-0.39, 0.29) is 0 Å². The number of nitrogens with two attached hydrogens (primary N) is 1. The van der Waals surface area contributed by atoms with Crippen molar-refractivity contribution in [3.05, 3.63) is 63.7 Å². The molecule has 0 aliphatic heterocycles. The summed E-state index contributed by atoms with van der Waals surface area (Å²) < 4.78 is 0. The van der Waals surface area contributed by atoms with Gasteiger partial charge in [0, 0.05) is 10.7 Å². The second-order valence-corrected chi connectivity index (χ2v) is 4.66. The highest BCUT2D eigenvalue weighted by atomic mass is 35.5. The number of rotatable bonds is 2. The van der Waals surface area contributed by atoms with E-state index in [1.54, 1.807) is 6.07 Å². The van der Waals surface area contributed by atoms with Crippen molar-refractivity contribution in [2.45, 2.75) is 13.3 Å². The molecule has 18 heavy (non-hydrogen) atoms. The van der Waals surface area contributed by atoms with Gasteiger partial charge >= 0.3 is 0 Å². The third kappa shape index (κ3) is 2.47. The summed E-state index contributed by atoms with van der Waals surface area (Å²) >= 11 is 6.02. The Hall–Kier alpha value is -1.98. The van der Waals surface area contributed by atoms with Crippen LogP contribution in [0.5, 0.6) is 0 Å². The van der Waals surface area contributed by atoms with Gasteiger partial charge in [0.1, 0.15) is 0 Å². The Kier molecular flexibility index (Phi) is 3.55. The molecule has 2 N–H and O–H groups in total. The first-order valence-electron chi connectivity index (χ1n) is 5.64. The molecule has 0 aliphatic rings. The fourth-order valence-electron chi connectivity index (χ4n) is 1.93. The van der Waals surface area contributed by atoms with E-state index < -0.39 is 0 Å². The Morgan fingerprint density at radius 2 is 1.94 bits per heavy atom. The highest BCUT2D eigenvalue weighted by molar-refractivity contribution is 6.31. The lowest BCUT2D eigenvalue weighted by Crippen LogP contribution is -1.98. The summed E-state index contributed by atoms with van der Waals surface area (Å²) in [5.74, 6) is 0. The molecule has 2 aromatic rings. The molecule has 2 rings (SSSR count). The third-order valence-corrected chi connectivity index (χ3v) is 3.26. The SMILES string of the molecule is Cc1c(N)cc(Cl)cc1Cc1ccccc1C#N. The zero-order valence-electron chi connectivity index (χ0n) is 10.1. The van der Waals surface area contributed by atoms with Crippen molar-refractivity contribution >= 4 is 17.3 Å². The van der Waals surface area contributed by atoms with Gasteiger partial charge in [0.05, 0.1) is 11.6 Å². The first kappa shape index (κ1) is 12.5. The van der Waals surface area contributed by atoms with Crippen molar-refractivity contribution in [1.82, 2.24) is 0 Å². The quantitative estimate of drug-likeness (QED) is 0.833. The van der Waals surface area contributed by atoms with Crippen LogP contribution in [-0.4, -0.2) is 0 Å². The van der Waals surface area contributed by atoms with Gasteiger partial charge in [-0.25, -0.2) is 0 Å². The maximum absolute atomic E-state index is 9.07. The molecule has 0 saturated carbocycles. The van der Waals surface area contributed by atoms with E-state index in [4.69, 9.17) is 22.6 Å². The summed E-state index contributed by atoms with van der Waals surface area (Å²) in [5.41, 5.74) is 10.3. The van der Waals surface area contributed by atoms with Gasteiger partial charge in [-0.15, -0.1) is 0 Å². The highest BCUT2D eigenvalue weighted by Crippen LogP contribution is 2.25. The van der Waals surface area contributed by atoms with E-state index in [2.05, 4.69) is 6.07 Å². The zero-order chi connectivity index (χ0) is 13.1. The molecule has 3 heteroatoms. The van der Waals surface area contributed by atoms with Crippen LogP contribution in [0.15, 0.2) is 36.4 Å². The van der Waals surface area contributed by atoms with Crippen LogP contribution in [0.3, 0.4) is 0 Å². The summed E-state index contributed by atoms with van der Waals surface area (Å²) in [4.78, 5) is 0. The van der Waals surface area contributed by atoms with Crippen LogP contribution in [0.2, 0.25) is 5.02 Å². The summed E-state index contributed by atoms with van der Waals surface area (Å²) in [6, 6.07) is 13.4. The molecule has 2 nitrogen and oxygen atoms in total. The molecular formula is C15H13ClN2. The lowest BCUT2D eigenvalue weighted by Gasteiger charge is -2.10. The Balaban J connectivity index is 2.44. The van der Waals surface area contributed by atoms with Gasteiger partial charge in [0.15, 0.2) is 0 Å². The minimum atomic E-state index is 0.627. The first-order valence-corrected chi connectivity index (χ1v) is 6.02. The summed E-state index contributed by atoms with van der Waals surface area (Å²) in [6.45, 7) is 1.97. The van der Waals surface area contributed by atoms with E-state index in [0.29, 0.717) is 22.7 Å². The Bertz CT molecular complexity index is 627. The lowest BCUT2D eigenvalue weighted by molar-refractivity contribution is 1.15. The second-order valence-electron chi connectivity index (χ2n) is 4.22. The van der Waals surface area contributed by atoms with Crippen molar-refractivity contribution in [1.29, 1.82) is 5.26 Å². The van der Waals surface area contributed by atoms with Gasteiger partial charge in [-0.2, -0.15) is 5.26 Å². The number of hydrogen-bond donors (Lipinski definition) is 1. The number of nitriles is 1. The molecule has 0 aliphatic carbocycles. The van der Waals surface area contributed by atoms with E-state index in [1.165, 1.54) is 0 Å². The molecule has 0 atom stereocenters. The predicted molar refractivity (Wildman–Crippen MR) is 74.6 cm³/mol. The average Bonchev–Trinajstić information content (AvgIpc) is 2.36. The predicted octanol–water partition coefficient (Wildman–Crippen LogP) is 3.69. The molecule has 0 saturated heterocycles. The van der Waals surface area contributed by atoms with Gasteiger partial charge in [0.25, 0.3) is 0 Å². The van der Waals surface area contributed by atoms with Crippen LogP contribution in [0.25, 0.3) is 0 Å². The van der Waals surface area contributed by atoms with Crippen LogP contribution in [0.4, 0.5) is 5.69 Å². The maximum Gasteiger partial charge on any atom is 0.0994 e. The summed E-state index contributed by atoms with van der Waals surface area (Å²) in [6.07, 6.45) is 0.667. The molecular weight excluding hydrogens is 244 g/mol. The van der Waals surface area contributed by atoms with Crippen molar-refractivity contribution in [3.63, 3.8) is 0 Å². The number of anilines is 1. The van der Waals surface area contributed by atoms with Crippen LogP contribution >= 0.6 is 11.6 Å². The molecule has 0 bridgehead atoms. The van der Waals surface area contributed by atoms with Gasteiger partial charge in [-0.1, -0.05) is 29.8 Å². The molecule has 90 valence electrons. The van der Waals surface area contributed by atoms with Gasteiger partial charge in [0.2, 0.25) is 0 Å². The number of halogens is 1. The molecule has 2 aromatic carbocycles. The highest BCUT2D eigenvalue weighted by Gasteiger charge is 2.08. The first-order chi connectivity index (χ1) is 8.61. The van der Waals surface area contributed by atoms with E-state index in [0.717, 1.165) is 16.7 Å². The van der Waals surface area contributed by atoms with Gasteiger partial charge in [-0.3, -0.25) is 0 Å². The standard InChI is InChI=1S/C15H13ClN2/c1-10-13(7-14(16)8-15(10)18)6-11-4-2-3-5-12(11)9-17/h2-5,7-8H,6,18H2,1H3. The molecule has 0 heterocycles. The topological polar surface area (TPSA) is 49.8 Å². The molecule has 0 amide bonds. The Labute approximate surface area is 112 Å². The van der Waals surface area contributed by atoms with Crippen LogP contribution < -0.4 is 5.73 Å². The monoisotopic (exact) mass is 256 g/mol. The van der Waals surface area contributed by atoms with Crippen LogP contribution in [0, 0.1) is 18.3 Å². The molecule has 0 radical (unpaired) electrons. The number of hydrogen-bond acceptors (Lipinski definition) is 2. The maximum atomic E-state index is 9.07. The lowest BCUT2D eigenvalue weighted by atomic mass is 9.96. The molecule has 0 fully saturated rings. The summed E-state index contributed by atoms with van der Waals surface area (Å²) in [5, 5.41) is 9.70. The van der Waals surface area contributed by atoms with Crippen LogP contribution in [0.1, 0.15) is 22.3 Å². The van der Waals surface area contributed by atoms with Crippen molar-refractivity contribution in [3.8, 4) is 6.07 Å². The fraction of sp³-hybridized carbons (Fsp3) is 0.133. The van der Waals surface area contributed by atoms with E-state index >= 15 is 0 Å². The number of nitrogen functional groups attached to an aromatic ring is 1. The number of benzene rings is 2. The van der Waals surface area contributed by atoms with Crippen molar-refractivity contribution in [2.75, 3.05) is 5.73 Å². The summed E-state index contributed by atoms with van der Waals surface area (Å²) in [7, 11) is 0. The number of nitrogens with zero attached hydrogens (tertiary/aromatic N) is 1. The second kappa shape index (κ2) is 5.12. The Morgan fingerprint density at radius 3 is 2.67 bits per heavy atom. The molecule has 0 aromatic heterocycles. The molecule has 0 unspecified atom stereocenters. The average molecular weight is 257 g/mol. The van der Waals surface area contributed by atoms with Gasteiger partial charge < -0.3 is 5.73 Å². The minimum Gasteiger partial charge on any atom is -0.398 e. The van der Waals surface area contributed by atoms with E-state index in [1.807, 2.05) is 37.3 Å². The van der Waals surface area contributed by atoms with Crippen LogP contribution in [-0.2, 0) is 6.42 Å². The van der Waals surface area contributed by atoms with E-state index in [9.17, 15) is 0 Å². The van der Waals surface area contributed by atoms with Crippen molar-refractivity contribution in [2.24, 2.45) is 0 Å². The largest absolute Gasteiger partial charge is 0.398 e. The van der Waals surface area contributed by atoms with Gasteiger partial charge in [-0.05, 0) is 48.2 Å². The fourth-order valence-corrected chi connectivity index (χ4v) is 2.18.